The number of hydrogen-bond donors (Lipinski definition) is 2. The lowest BCUT2D eigenvalue weighted by Gasteiger charge is -2.28. The predicted molar refractivity (Wildman–Crippen MR) is 73.2 cm³/mol. The SMILES string of the molecule is O=C(CSc1nnnn1C1CC1)NC1CCCCC1O. The molecular weight excluding hydrogens is 278 g/mol. The molecule has 2 unspecified atom stereocenters. The van der Waals surface area contributed by atoms with Crippen molar-refractivity contribution in [2.24, 2.45) is 0 Å². The number of aliphatic hydroxyl groups excluding tert-OH is 1. The smallest absolute Gasteiger partial charge is 0.230 e. The molecule has 0 spiro atoms. The van der Waals surface area contributed by atoms with Crippen molar-refractivity contribution in [3.8, 4) is 0 Å². The fourth-order valence-corrected chi connectivity index (χ4v) is 3.24. The molecule has 7 nitrogen and oxygen atoms in total. The normalized spacial score (nSPS) is 26.4. The van der Waals surface area contributed by atoms with Crippen LogP contribution >= 0.6 is 11.8 Å². The summed E-state index contributed by atoms with van der Waals surface area (Å²) in [6, 6.07) is 0.312. The maximum absolute atomic E-state index is 11.9. The molecule has 1 heterocycles. The fourth-order valence-electron chi connectivity index (χ4n) is 2.49. The van der Waals surface area contributed by atoms with Gasteiger partial charge in [0.05, 0.1) is 23.9 Å². The maximum Gasteiger partial charge on any atom is 0.230 e. The van der Waals surface area contributed by atoms with Gasteiger partial charge in [-0.2, -0.15) is 0 Å². The van der Waals surface area contributed by atoms with E-state index in [1.165, 1.54) is 11.8 Å². The van der Waals surface area contributed by atoms with Crippen molar-refractivity contribution in [3.63, 3.8) is 0 Å². The lowest BCUT2D eigenvalue weighted by atomic mass is 9.93. The zero-order valence-electron chi connectivity index (χ0n) is 11.2. The molecule has 2 N–H and O–H groups in total. The van der Waals surface area contributed by atoms with Gasteiger partial charge in [0.25, 0.3) is 0 Å². The molecular formula is C12H19N5O2S. The number of rotatable bonds is 5. The van der Waals surface area contributed by atoms with E-state index >= 15 is 0 Å². The van der Waals surface area contributed by atoms with Gasteiger partial charge < -0.3 is 10.4 Å². The summed E-state index contributed by atoms with van der Waals surface area (Å²) >= 11 is 1.35. The van der Waals surface area contributed by atoms with Gasteiger partial charge in [0, 0.05) is 0 Å². The Bertz CT molecular complexity index is 476. The Morgan fingerprint density at radius 1 is 1.35 bits per heavy atom. The second-order valence-corrected chi connectivity index (χ2v) is 6.39. The highest BCUT2D eigenvalue weighted by Crippen LogP contribution is 2.36. The van der Waals surface area contributed by atoms with E-state index in [-0.39, 0.29) is 17.7 Å². The fraction of sp³-hybridized carbons (Fsp3) is 0.833. The van der Waals surface area contributed by atoms with Gasteiger partial charge in [0.2, 0.25) is 11.1 Å². The summed E-state index contributed by atoms with van der Waals surface area (Å²) in [5, 5.41) is 25.0. The average Bonchev–Trinajstić information content (AvgIpc) is 3.18. The predicted octanol–water partition coefficient (Wildman–Crippen LogP) is 0.520. The number of amides is 1. The van der Waals surface area contributed by atoms with Crippen LogP contribution in [0.5, 0.6) is 0 Å². The molecule has 1 amide bonds. The van der Waals surface area contributed by atoms with Crippen LogP contribution in [0.25, 0.3) is 0 Å². The van der Waals surface area contributed by atoms with E-state index in [1.54, 1.807) is 4.68 Å². The summed E-state index contributed by atoms with van der Waals surface area (Å²) in [6.45, 7) is 0. The zero-order valence-corrected chi connectivity index (χ0v) is 12.1. The molecule has 3 rings (SSSR count). The Labute approximate surface area is 121 Å². The quantitative estimate of drug-likeness (QED) is 0.770. The molecule has 2 atom stereocenters. The van der Waals surface area contributed by atoms with Crippen molar-refractivity contribution < 1.29 is 9.90 Å². The largest absolute Gasteiger partial charge is 0.391 e. The number of aliphatic hydroxyl groups is 1. The molecule has 0 saturated heterocycles. The van der Waals surface area contributed by atoms with Crippen molar-refractivity contribution in [2.75, 3.05) is 5.75 Å². The lowest BCUT2D eigenvalue weighted by Crippen LogP contribution is -2.45. The first-order chi connectivity index (χ1) is 9.74. The van der Waals surface area contributed by atoms with Gasteiger partial charge in [0.1, 0.15) is 0 Å². The van der Waals surface area contributed by atoms with Crippen molar-refractivity contribution in [2.45, 2.75) is 61.9 Å². The molecule has 2 saturated carbocycles. The summed E-state index contributed by atoms with van der Waals surface area (Å²) < 4.78 is 1.80. The van der Waals surface area contributed by atoms with E-state index in [4.69, 9.17) is 0 Å². The highest BCUT2D eigenvalue weighted by atomic mass is 32.2. The van der Waals surface area contributed by atoms with Crippen LogP contribution in [-0.2, 0) is 4.79 Å². The first kappa shape index (κ1) is 13.8. The van der Waals surface area contributed by atoms with Gasteiger partial charge in [-0.1, -0.05) is 24.6 Å². The minimum atomic E-state index is -0.408. The number of aromatic nitrogens is 4. The summed E-state index contributed by atoms with van der Waals surface area (Å²) in [7, 11) is 0. The molecule has 1 aromatic heterocycles. The van der Waals surface area contributed by atoms with Crippen LogP contribution < -0.4 is 5.32 Å². The van der Waals surface area contributed by atoms with E-state index in [2.05, 4.69) is 20.8 Å². The molecule has 2 aliphatic carbocycles. The van der Waals surface area contributed by atoms with Gasteiger partial charge in [-0.25, -0.2) is 4.68 Å². The second-order valence-electron chi connectivity index (χ2n) is 5.45. The third kappa shape index (κ3) is 3.29. The number of hydrogen-bond acceptors (Lipinski definition) is 6. The molecule has 2 fully saturated rings. The Morgan fingerprint density at radius 2 is 2.15 bits per heavy atom. The Morgan fingerprint density at radius 3 is 2.90 bits per heavy atom. The first-order valence-electron chi connectivity index (χ1n) is 7.12. The van der Waals surface area contributed by atoms with Gasteiger partial charge in [-0.15, -0.1) is 5.10 Å². The van der Waals surface area contributed by atoms with Gasteiger partial charge in [0.15, 0.2) is 0 Å². The van der Waals surface area contributed by atoms with Crippen molar-refractivity contribution in [3.05, 3.63) is 0 Å². The molecule has 20 heavy (non-hydrogen) atoms. The van der Waals surface area contributed by atoms with Crippen LogP contribution in [0.3, 0.4) is 0 Å². The summed E-state index contributed by atoms with van der Waals surface area (Å²) in [5.41, 5.74) is 0. The van der Waals surface area contributed by atoms with Crippen LogP contribution in [0.4, 0.5) is 0 Å². The van der Waals surface area contributed by atoms with Gasteiger partial charge >= 0.3 is 0 Å². The second kappa shape index (κ2) is 6.09. The van der Waals surface area contributed by atoms with E-state index in [9.17, 15) is 9.90 Å². The average molecular weight is 297 g/mol. The number of carbonyl (C=O) groups is 1. The molecule has 2 aliphatic rings. The molecule has 0 radical (unpaired) electrons. The van der Waals surface area contributed by atoms with E-state index < -0.39 is 6.10 Å². The Balaban J connectivity index is 1.47. The molecule has 1 aromatic rings. The molecule has 0 aliphatic heterocycles. The molecule has 110 valence electrons. The van der Waals surface area contributed by atoms with Crippen LogP contribution in [0.15, 0.2) is 5.16 Å². The first-order valence-corrected chi connectivity index (χ1v) is 8.10. The minimum Gasteiger partial charge on any atom is -0.391 e. The van der Waals surface area contributed by atoms with Gasteiger partial charge in [-0.05, 0) is 36.1 Å². The van der Waals surface area contributed by atoms with E-state index in [0.717, 1.165) is 38.5 Å². The summed E-state index contributed by atoms with van der Waals surface area (Å²) in [5.74, 6) is 0.224. The summed E-state index contributed by atoms with van der Waals surface area (Å²) in [6.07, 6.45) is 5.55. The van der Waals surface area contributed by atoms with Crippen molar-refractivity contribution >= 4 is 17.7 Å². The van der Waals surface area contributed by atoms with Crippen LogP contribution in [0, 0.1) is 0 Å². The molecule has 8 heteroatoms. The minimum absolute atomic E-state index is 0.0636. The number of tetrazole rings is 1. The van der Waals surface area contributed by atoms with E-state index in [1.807, 2.05) is 0 Å². The van der Waals surface area contributed by atoms with Crippen LogP contribution in [0.1, 0.15) is 44.6 Å². The molecule has 0 aromatic carbocycles. The van der Waals surface area contributed by atoms with Crippen LogP contribution in [-0.4, -0.2) is 49.1 Å². The third-order valence-electron chi connectivity index (χ3n) is 3.76. The summed E-state index contributed by atoms with van der Waals surface area (Å²) in [4.78, 5) is 11.9. The van der Waals surface area contributed by atoms with Crippen LogP contribution in [0.2, 0.25) is 0 Å². The number of thioether (sulfide) groups is 1. The number of carbonyl (C=O) groups excluding carboxylic acids is 1. The standard InChI is InChI=1S/C12H19N5O2S/c18-10-4-2-1-3-9(10)13-11(19)7-20-12-14-15-16-17(12)8-5-6-8/h8-10,18H,1-7H2,(H,13,19). The number of nitrogens with zero attached hydrogens (tertiary/aromatic N) is 4. The topological polar surface area (TPSA) is 92.9 Å². The highest BCUT2D eigenvalue weighted by molar-refractivity contribution is 7.99. The van der Waals surface area contributed by atoms with Gasteiger partial charge in [-0.3, -0.25) is 4.79 Å². The highest BCUT2D eigenvalue weighted by Gasteiger charge is 2.28. The Kier molecular flexibility index (Phi) is 4.21. The maximum atomic E-state index is 11.9. The lowest BCUT2D eigenvalue weighted by molar-refractivity contribution is -0.120. The van der Waals surface area contributed by atoms with E-state index in [0.29, 0.717) is 11.2 Å². The molecule has 0 bridgehead atoms. The number of nitrogens with one attached hydrogen (secondary N) is 1. The Hall–Kier alpha value is -1.15. The third-order valence-corrected chi connectivity index (χ3v) is 4.70. The van der Waals surface area contributed by atoms with Crippen molar-refractivity contribution in [1.29, 1.82) is 0 Å². The van der Waals surface area contributed by atoms with Crippen molar-refractivity contribution in [1.82, 2.24) is 25.5 Å². The zero-order chi connectivity index (χ0) is 13.9. The monoisotopic (exact) mass is 297 g/mol.